The van der Waals surface area contributed by atoms with E-state index in [4.69, 9.17) is 17.3 Å². The molecule has 1 rings (SSSR count). The summed E-state index contributed by atoms with van der Waals surface area (Å²) < 4.78 is 12.7. The van der Waals surface area contributed by atoms with Crippen LogP contribution in [0.3, 0.4) is 0 Å². The molecule has 0 aromatic heterocycles. The molecule has 1 aromatic rings. The molecule has 0 atom stereocenters. The van der Waals surface area contributed by atoms with Gasteiger partial charge in [0.1, 0.15) is 5.82 Å². The van der Waals surface area contributed by atoms with Crippen molar-refractivity contribution < 1.29 is 9.18 Å². The van der Waals surface area contributed by atoms with Gasteiger partial charge in [-0.25, -0.2) is 4.39 Å². The van der Waals surface area contributed by atoms with Crippen molar-refractivity contribution in [3.05, 3.63) is 34.6 Å². The Hall–Kier alpha value is -0.840. The summed E-state index contributed by atoms with van der Waals surface area (Å²) in [6.45, 7) is 0.415. The monoisotopic (exact) mass is 266 g/mol. The molecule has 0 aliphatic rings. The average molecular weight is 267 g/mol. The highest BCUT2D eigenvalue weighted by atomic mass is 35.5. The predicted molar refractivity (Wildman–Crippen MR) is 64.4 cm³/mol. The van der Waals surface area contributed by atoms with E-state index in [0.717, 1.165) is 5.56 Å². The summed E-state index contributed by atoms with van der Waals surface area (Å²) >= 11 is 5.80. The van der Waals surface area contributed by atoms with E-state index >= 15 is 0 Å². The molecule has 0 saturated heterocycles. The Labute approximate surface area is 105 Å². The highest BCUT2D eigenvalue weighted by Gasteiger charge is 2.02. The highest BCUT2D eigenvalue weighted by Crippen LogP contribution is 2.17. The highest BCUT2D eigenvalue weighted by molar-refractivity contribution is 6.31. The molecule has 3 nitrogen and oxygen atoms in total. The van der Waals surface area contributed by atoms with Crippen LogP contribution in [0.25, 0.3) is 0 Å². The molecule has 16 heavy (non-hydrogen) atoms. The number of carbonyl (C=O) groups is 1. The zero-order chi connectivity index (χ0) is 11.3. The maximum atomic E-state index is 12.7. The molecule has 90 valence electrons. The van der Waals surface area contributed by atoms with Crippen molar-refractivity contribution in [1.29, 1.82) is 0 Å². The summed E-state index contributed by atoms with van der Waals surface area (Å²) in [5.41, 5.74) is 5.91. The number of benzene rings is 1. The van der Waals surface area contributed by atoms with Crippen LogP contribution in [0.15, 0.2) is 18.2 Å². The van der Waals surface area contributed by atoms with Gasteiger partial charge in [0.2, 0.25) is 5.91 Å². The summed E-state index contributed by atoms with van der Waals surface area (Å²) in [4.78, 5) is 10.8. The van der Waals surface area contributed by atoms with E-state index in [1.165, 1.54) is 12.1 Å². The smallest absolute Gasteiger partial charge is 0.233 e. The van der Waals surface area contributed by atoms with Crippen LogP contribution >= 0.6 is 24.0 Å². The maximum absolute atomic E-state index is 12.7. The van der Waals surface area contributed by atoms with E-state index in [-0.39, 0.29) is 30.7 Å². The maximum Gasteiger partial charge on any atom is 0.233 e. The van der Waals surface area contributed by atoms with Crippen LogP contribution in [0.4, 0.5) is 4.39 Å². The largest absolute Gasteiger partial charge is 0.355 e. The molecular weight excluding hydrogens is 254 g/mol. The molecule has 1 aromatic carbocycles. The second-order valence-corrected chi connectivity index (χ2v) is 3.45. The number of nitrogens with two attached hydrogens (primary N) is 1. The summed E-state index contributed by atoms with van der Waals surface area (Å²) in [7, 11) is 0. The Kier molecular flexibility index (Phi) is 7.05. The Balaban J connectivity index is 0.00000225. The lowest BCUT2D eigenvalue weighted by Crippen LogP contribution is -2.31. The lowest BCUT2D eigenvalue weighted by Gasteiger charge is -2.05. The first-order chi connectivity index (χ1) is 7.13. The number of hydrogen-bond donors (Lipinski definition) is 2. The summed E-state index contributed by atoms with van der Waals surface area (Å²) in [6.07, 6.45) is 0.560. The Morgan fingerprint density at radius 1 is 1.50 bits per heavy atom. The van der Waals surface area contributed by atoms with Gasteiger partial charge in [0.15, 0.2) is 0 Å². The quantitative estimate of drug-likeness (QED) is 0.869. The minimum atomic E-state index is -0.366. The van der Waals surface area contributed by atoms with E-state index in [9.17, 15) is 9.18 Å². The van der Waals surface area contributed by atoms with Crippen molar-refractivity contribution in [3.8, 4) is 0 Å². The third kappa shape index (κ3) is 4.79. The van der Waals surface area contributed by atoms with Gasteiger partial charge in [-0.3, -0.25) is 4.79 Å². The molecule has 0 aliphatic carbocycles. The van der Waals surface area contributed by atoms with Crippen LogP contribution in [0.1, 0.15) is 5.56 Å². The molecule has 0 radical (unpaired) electrons. The SMILES string of the molecule is Cl.NCC(=O)NCCc1ccc(F)cc1Cl. The predicted octanol–water partition coefficient (Wildman–Crippen LogP) is 1.52. The van der Waals surface area contributed by atoms with Crippen LogP contribution in [-0.2, 0) is 11.2 Å². The second-order valence-electron chi connectivity index (χ2n) is 3.04. The third-order valence-corrected chi connectivity index (χ3v) is 2.27. The molecular formula is C10H13Cl2FN2O. The van der Waals surface area contributed by atoms with Crippen molar-refractivity contribution in [1.82, 2.24) is 5.32 Å². The van der Waals surface area contributed by atoms with Gasteiger partial charge >= 0.3 is 0 Å². The van der Waals surface area contributed by atoms with E-state index in [1.807, 2.05) is 0 Å². The second kappa shape index (κ2) is 7.44. The number of rotatable bonds is 4. The molecule has 0 spiro atoms. The molecule has 0 saturated carbocycles. The fourth-order valence-corrected chi connectivity index (χ4v) is 1.39. The average Bonchev–Trinajstić information content (AvgIpc) is 2.21. The minimum Gasteiger partial charge on any atom is -0.355 e. The lowest BCUT2D eigenvalue weighted by atomic mass is 10.1. The number of nitrogens with one attached hydrogen (secondary N) is 1. The van der Waals surface area contributed by atoms with Gasteiger partial charge in [-0.2, -0.15) is 0 Å². The lowest BCUT2D eigenvalue weighted by molar-refractivity contribution is -0.119. The number of amides is 1. The van der Waals surface area contributed by atoms with Crippen LogP contribution in [0.5, 0.6) is 0 Å². The molecule has 0 unspecified atom stereocenters. The number of carbonyl (C=O) groups excluding carboxylic acids is 1. The van der Waals surface area contributed by atoms with Gasteiger partial charge in [0.25, 0.3) is 0 Å². The van der Waals surface area contributed by atoms with Crippen LogP contribution < -0.4 is 11.1 Å². The van der Waals surface area contributed by atoms with Crippen LogP contribution in [0.2, 0.25) is 5.02 Å². The zero-order valence-corrected chi connectivity index (χ0v) is 10.1. The van der Waals surface area contributed by atoms with Crippen LogP contribution in [0, 0.1) is 5.82 Å². The number of hydrogen-bond acceptors (Lipinski definition) is 2. The Morgan fingerprint density at radius 3 is 2.75 bits per heavy atom. The summed E-state index contributed by atoms with van der Waals surface area (Å²) in [6, 6.07) is 4.19. The van der Waals surface area contributed by atoms with Gasteiger partial charge < -0.3 is 11.1 Å². The summed E-state index contributed by atoms with van der Waals surface area (Å²) in [5, 5.41) is 2.98. The fraction of sp³-hybridized carbons (Fsp3) is 0.300. The molecule has 0 aliphatic heterocycles. The first kappa shape index (κ1) is 15.2. The normalized spacial score (nSPS) is 9.44. The van der Waals surface area contributed by atoms with Crippen molar-refractivity contribution in [2.45, 2.75) is 6.42 Å². The molecule has 1 amide bonds. The van der Waals surface area contributed by atoms with Crippen molar-refractivity contribution in [2.24, 2.45) is 5.73 Å². The van der Waals surface area contributed by atoms with Crippen molar-refractivity contribution in [3.63, 3.8) is 0 Å². The third-order valence-electron chi connectivity index (χ3n) is 1.92. The Bertz CT molecular complexity index is 361. The number of halogens is 3. The standard InChI is InChI=1S/C10H12ClFN2O.ClH/c11-9-5-8(12)2-1-7(9)3-4-14-10(15)6-13;/h1-2,5H,3-4,6,13H2,(H,14,15);1H. The zero-order valence-electron chi connectivity index (χ0n) is 8.50. The van der Waals surface area contributed by atoms with Gasteiger partial charge in [-0.05, 0) is 24.1 Å². The molecule has 0 bridgehead atoms. The van der Waals surface area contributed by atoms with E-state index in [2.05, 4.69) is 5.32 Å². The van der Waals surface area contributed by atoms with E-state index in [1.54, 1.807) is 6.07 Å². The summed E-state index contributed by atoms with van der Waals surface area (Å²) in [5.74, 6) is -0.581. The van der Waals surface area contributed by atoms with E-state index < -0.39 is 0 Å². The first-order valence-corrected chi connectivity index (χ1v) is 4.92. The molecule has 3 N–H and O–H groups in total. The van der Waals surface area contributed by atoms with Crippen LogP contribution in [-0.4, -0.2) is 19.0 Å². The molecule has 6 heteroatoms. The van der Waals surface area contributed by atoms with Crippen molar-refractivity contribution >= 4 is 29.9 Å². The van der Waals surface area contributed by atoms with Gasteiger partial charge in [-0.1, -0.05) is 17.7 Å². The molecule has 0 fully saturated rings. The van der Waals surface area contributed by atoms with Crippen molar-refractivity contribution in [2.75, 3.05) is 13.1 Å². The topological polar surface area (TPSA) is 55.1 Å². The minimum absolute atomic E-state index is 0. The van der Waals surface area contributed by atoms with E-state index in [0.29, 0.717) is 18.0 Å². The van der Waals surface area contributed by atoms with Gasteiger partial charge in [0.05, 0.1) is 6.54 Å². The first-order valence-electron chi connectivity index (χ1n) is 4.54. The fourth-order valence-electron chi connectivity index (χ4n) is 1.13. The van der Waals surface area contributed by atoms with Gasteiger partial charge in [-0.15, -0.1) is 12.4 Å². The molecule has 0 heterocycles. The van der Waals surface area contributed by atoms with Gasteiger partial charge in [0, 0.05) is 11.6 Å². The Morgan fingerprint density at radius 2 is 2.19 bits per heavy atom.